The quantitative estimate of drug-likeness (QED) is 0.699. The molecule has 1 unspecified atom stereocenters. The molecule has 1 atom stereocenters. The average molecular weight is 256 g/mol. The Balaban J connectivity index is 2.21. The summed E-state index contributed by atoms with van der Waals surface area (Å²) in [6, 6.07) is 0. The molecular formula is C15H32N2O. The van der Waals surface area contributed by atoms with Gasteiger partial charge in [-0.3, -0.25) is 0 Å². The first kappa shape index (κ1) is 15.9. The second-order valence-corrected chi connectivity index (χ2v) is 5.84. The summed E-state index contributed by atoms with van der Waals surface area (Å²) in [6.45, 7) is 8.45. The Kier molecular flexibility index (Phi) is 7.20. The fraction of sp³-hybridized carbons (Fsp3) is 1.00. The van der Waals surface area contributed by atoms with E-state index in [1.807, 2.05) is 7.05 Å². The van der Waals surface area contributed by atoms with Crippen molar-refractivity contribution in [3.05, 3.63) is 0 Å². The second kappa shape index (κ2) is 8.13. The zero-order chi connectivity index (χ0) is 13.4. The molecule has 2 N–H and O–H groups in total. The summed E-state index contributed by atoms with van der Waals surface area (Å²) in [7, 11) is 1.96. The van der Waals surface area contributed by atoms with Crippen LogP contribution in [0, 0.1) is 5.92 Å². The molecule has 0 radical (unpaired) electrons. The van der Waals surface area contributed by atoms with Crippen molar-refractivity contribution >= 4 is 0 Å². The van der Waals surface area contributed by atoms with Crippen molar-refractivity contribution in [2.24, 2.45) is 5.92 Å². The van der Waals surface area contributed by atoms with Crippen LogP contribution >= 0.6 is 0 Å². The van der Waals surface area contributed by atoms with Crippen LogP contribution in [0.25, 0.3) is 0 Å². The van der Waals surface area contributed by atoms with Crippen molar-refractivity contribution in [1.82, 2.24) is 10.2 Å². The SMILES string of the molecule is CCC1CCN(CCCC(CC)(CO)NC)CC1. The van der Waals surface area contributed by atoms with Crippen LogP contribution in [0.15, 0.2) is 0 Å². The maximum Gasteiger partial charge on any atom is 0.0613 e. The lowest BCUT2D eigenvalue weighted by molar-refractivity contribution is 0.136. The highest BCUT2D eigenvalue weighted by molar-refractivity contribution is 4.85. The number of piperidine rings is 1. The van der Waals surface area contributed by atoms with Crippen molar-refractivity contribution < 1.29 is 5.11 Å². The van der Waals surface area contributed by atoms with Gasteiger partial charge < -0.3 is 15.3 Å². The van der Waals surface area contributed by atoms with Crippen LogP contribution in [0.2, 0.25) is 0 Å². The van der Waals surface area contributed by atoms with E-state index in [2.05, 4.69) is 24.1 Å². The molecule has 108 valence electrons. The normalized spacial score (nSPS) is 22.0. The molecule has 1 aliphatic heterocycles. The van der Waals surface area contributed by atoms with E-state index in [1.54, 1.807) is 0 Å². The van der Waals surface area contributed by atoms with Gasteiger partial charge in [-0.15, -0.1) is 0 Å². The van der Waals surface area contributed by atoms with Crippen LogP contribution in [0.4, 0.5) is 0 Å². The molecule has 0 saturated carbocycles. The van der Waals surface area contributed by atoms with E-state index in [0.29, 0.717) is 0 Å². The lowest BCUT2D eigenvalue weighted by Gasteiger charge is -2.34. The molecule has 1 rings (SSSR count). The van der Waals surface area contributed by atoms with E-state index in [4.69, 9.17) is 0 Å². The van der Waals surface area contributed by atoms with Crippen molar-refractivity contribution in [2.75, 3.05) is 33.3 Å². The number of hydrogen-bond acceptors (Lipinski definition) is 3. The molecule has 0 aromatic rings. The molecule has 18 heavy (non-hydrogen) atoms. The van der Waals surface area contributed by atoms with E-state index >= 15 is 0 Å². The summed E-state index contributed by atoms with van der Waals surface area (Å²) >= 11 is 0. The third kappa shape index (κ3) is 4.52. The Bertz CT molecular complexity index is 200. The van der Waals surface area contributed by atoms with Crippen LogP contribution in [0.5, 0.6) is 0 Å². The monoisotopic (exact) mass is 256 g/mol. The first-order chi connectivity index (χ1) is 8.69. The minimum atomic E-state index is -0.0538. The summed E-state index contributed by atoms with van der Waals surface area (Å²) in [6.07, 6.45) is 7.36. The van der Waals surface area contributed by atoms with E-state index < -0.39 is 0 Å². The lowest BCUT2D eigenvalue weighted by Crippen LogP contribution is -2.46. The molecule has 1 heterocycles. The number of hydrogen-bond donors (Lipinski definition) is 2. The molecule has 1 fully saturated rings. The molecule has 0 aliphatic carbocycles. The highest BCUT2D eigenvalue weighted by atomic mass is 16.3. The summed E-state index contributed by atoms with van der Waals surface area (Å²) in [5.74, 6) is 0.964. The molecule has 0 bridgehead atoms. The van der Waals surface area contributed by atoms with Gasteiger partial charge in [0.25, 0.3) is 0 Å². The Morgan fingerprint density at radius 3 is 2.39 bits per heavy atom. The Labute approximate surface area is 113 Å². The van der Waals surface area contributed by atoms with Gasteiger partial charge in [0.05, 0.1) is 6.61 Å². The van der Waals surface area contributed by atoms with Gasteiger partial charge >= 0.3 is 0 Å². The van der Waals surface area contributed by atoms with Crippen LogP contribution in [0.1, 0.15) is 52.4 Å². The van der Waals surface area contributed by atoms with Crippen molar-refractivity contribution in [2.45, 2.75) is 57.9 Å². The van der Waals surface area contributed by atoms with E-state index in [-0.39, 0.29) is 12.1 Å². The first-order valence-electron chi connectivity index (χ1n) is 7.71. The molecule has 0 spiro atoms. The third-order valence-corrected chi connectivity index (χ3v) is 4.92. The summed E-state index contributed by atoms with van der Waals surface area (Å²) in [5.41, 5.74) is -0.0538. The standard InChI is InChI=1S/C15H32N2O/c1-4-14-7-11-17(12-8-14)10-6-9-15(5-2,13-18)16-3/h14,16,18H,4-13H2,1-3H3. The van der Waals surface area contributed by atoms with E-state index in [0.717, 1.165) is 18.8 Å². The Morgan fingerprint density at radius 2 is 1.94 bits per heavy atom. The van der Waals surface area contributed by atoms with Gasteiger partial charge in [0.1, 0.15) is 0 Å². The first-order valence-corrected chi connectivity index (χ1v) is 7.71. The number of aliphatic hydroxyl groups excluding tert-OH is 1. The third-order valence-electron chi connectivity index (χ3n) is 4.92. The zero-order valence-corrected chi connectivity index (χ0v) is 12.5. The minimum absolute atomic E-state index is 0.0538. The summed E-state index contributed by atoms with van der Waals surface area (Å²) in [5, 5.41) is 12.8. The molecule has 1 aliphatic rings. The van der Waals surface area contributed by atoms with Crippen molar-refractivity contribution in [1.29, 1.82) is 0 Å². The molecule has 0 aromatic heterocycles. The largest absolute Gasteiger partial charge is 0.394 e. The predicted molar refractivity (Wildman–Crippen MR) is 77.9 cm³/mol. The van der Waals surface area contributed by atoms with Gasteiger partial charge in [-0.05, 0) is 64.7 Å². The summed E-state index contributed by atoms with van der Waals surface area (Å²) < 4.78 is 0. The van der Waals surface area contributed by atoms with E-state index in [1.165, 1.54) is 45.3 Å². The van der Waals surface area contributed by atoms with Crippen molar-refractivity contribution in [3.63, 3.8) is 0 Å². The molecule has 3 nitrogen and oxygen atoms in total. The molecular weight excluding hydrogens is 224 g/mol. The predicted octanol–water partition coefficient (Wildman–Crippen LogP) is 2.25. The van der Waals surface area contributed by atoms with Crippen LogP contribution < -0.4 is 5.32 Å². The highest BCUT2D eigenvalue weighted by Crippen LogP contribution is 2.21. The fourth-order valence-corrected chi connectivity index (χ4v) is 3.01. The average Bonchev–Trinajstić information content (AvgIpc) is 2.45. The molecule has 0 amide bonds. The lowest BCUT2D eigenvalue weighted by atomic mass is 9.90. The number of rotatable bonds is 8. The summed E-state index contributed by atoms with van der Waals surface area (Å²) in [4.78, 5) is 2.60. The Hall–Kier alpha value is -0.120. The zero-order valence-electron chi connectivity index (χ0n) is 12.5. The molecule has 3 heteroatoms. The second-order valence-electron chi connectivity index (χ2n) is 5.84. The molecule has 1 saturated heterocycles. The maximum absolute atomic E-state index is 9.50. The van der Waals surface area contributed by atoms with Crippen LogP contribution in [-0.2, 0) is 0 Å². The number of nitrogens with zero attached hydrogens (tertiary/aromatic N) is 1. The van der Waals surface area contributed by atoms with Gasteiger partial charge in [0, 0.05) is 5.54 Å². The maximum atomic E-state index is 9.50. The Morgan fingerprint density at radius 1 is 1.28 bits per heavy atom. The molecule has 0 aromatic carbocycles. The van der Waals surface area contributed by atoms with Gasteiger partial charge in [0.15, 0.2) is 0 Å². The van der Waals surface area contributed by atoms with Crippen molar-refractivity contribution in [3.8, 4) is 0 Å². The fourth-order valence-electron chi connectivity index (χ4n) is 3.01. The highest BCUT2D eigenvalue weighted by Gasteiger charge is 2.25. The number of likely N-dealkylation sites (tertiary alicyclic amines) is 1. The van der Waals surface area contributed by atoms with Gasteiger partial charge in [-0.2, -0.15) is 0 Å². The van der Waals surface area contributed by atoms with Gasteiger partial charge in [-0.25, -0.2) is 0 Å². The van der Waals surface area contributed by atoms with Gasteiger partial charge in [-0.1, -0.05) is 20.3 Å². The topological polar surface area (TPSA) is 35.5 Å². The number of likely N-dealkylation sites (N-methyl/N-ethyl adjacent to an activating group) is 1. The minimum Gasteiger partial charge on any atom is -0.394 e. The van der Waals surface area contributed by atoms with Crippen LogP contribution in [-0.4, -0.2) is 48.8 Å². The number of nitrogens with one attached hydrogen (secondary N) is 1. The number of aliphatic hydroxyl groups is 1. The van der Waals surface area contributed by atoms with E-state index in [9.17, 15) is 5.11 Å². The van der Waals surface area contributed by atoms with Gasteiger partial charge in [0.2, 0.25) is 0 Å². The van der Waals surface area contributed by atoms with Crippen LogP contribution in [0.3, 0.4) is 0 Å². The smallest absolute Gasteiger partial charge is 0.0613 e.